The quantitative estimate of drug-likeness (QED) is 0.109. The number of phenolic OH excluding ortho intramolecular Hbond substituents is 3. The second-order valence-corrected chi connectivity index (χ2v) is 16.1. The van der Waals surface area contributed by atoms with Crippen LogP contribution in [0.15, 0.2) is 41.2 Å². The number of anilines is 1. The molecular formula is C43H58N4O12. The summed E-state index contributed by atoms with van der Waals surface area (Å²) in [5.41, 5.74) is -0.350. The predicted octanol–water partition coefficient (Wildman–Crippen LogP) is 4.34. The highest BCUT2D eigenvalue weighted by molar-refractivity contribution is 6.23. The standard InChI is InChI=1S/C43H58N4O12/c1-21-12-11-13-22(2)42(55)45-33-28(20-44-47-17-15-46(9)16-18-47)37(52)30-31(38(33)53)36(51)26(6)40-32(30)41(54)43(8,59-40)57-19-14-29(56-10)23(3)39(58-27(7)48)25(5)35(50)24(4)34(21)49/h11-14,19-21,23-25,29,34-35,39,49-53H,15-18H2,1-10H3,(H,45,55)/b12-11+,19-14+,22-13-,44-20+/t21-,23+,24+,25+,29?,34?,35?,39?,43-/m0/s1. The molecule has 4 aliphatic rings. The maximum absolute atomic E-state index is 14.4. The van der Waals surface area contributed by atoms with Gasteiger partial charge < -0.3 is 54.7 Å². The Kier molecular flexibility index (Phi) is 13.7. The normalized spacial score (nSPS) is 32.1. The van der Waals surface area contributed by atoms with Gasteiger partial charge in [0.2, 0.25) is 0 Å². The number of carbonyl (C=O) groups excluding carboxylic acids is 3. The molecule has 16 nitrogen and oxygen atoms in total. The van der Waals surface area contributed by atoms with Crippen LogP contribution in [0.25, 0.3) is 10.8 Å². The number of aromatic hydroxyl groups is 3. The van der Waals surface area contributed by atoms with Crippen LogP contribution < -0.4 is 10.1 Å². The van der Waals surface area contributed by atoms with Crippen molar-refractivity contribution >= 4 is 40.3 Å². The highest BCUT2D eigenvalue weighted by atomic mass is 16.7. The van der Waals surface area contributed by atoms with Gasteiger partial charge in [-0.05, 0) is 27.0 Å². The number of nitrogens with one attached hydrogen (secondary N) is 1. The van der Waals surface area contributed by atoms with Gasteiger partial charge in [-0.15, -0.1) is 0 Å². The van der Waals surface area contributed by atoms with Gasteiger partial charge in [-0.1, -0.05) is 45.9 Å². The van der Waals surface area contributed by atoms with Crippen LogP contribution in [0.3, 0.4) is 0 Å². The van der Waals surface area contributed by atoms with E-state index in [9.17, 15) is 39.9 Å². The van der Waals surface area contributed by atoms with Crippen molar-refractivity contribution in [2.75, 3.05) is 45.7 Å². The van der Waals surface area contributed by atoms with Gasteiger partial charge in [-0.3, -0.25) is 19.4 Å². The van der Waals surface area contributed by atoms with E-state index < -0.39 is 88.8 Å². The molecule has 59 heavy (non-hydrogen) atoms. The molecule has 322 valence electrons. The van der Waals surface area contributed by atoms with E-state index in [-0.39, 0.29) is 44.5 Å². The summed E-state index contributed by atoms with van der Waals surface area (Å²) in [7, 11) is 3.42. The minimum absolute atomic E-state index is 0.0559. The number of ether oxygens (including phenoxy) is 4. The van der Waals surface area contributed by atoms with Crippen LogP contribution in [-0.2, 0) is 23.8 Å². The maximum Gasteiger partial charge on any atom is 0.312 e. The number of esters is 1. The Morgan fingerprint density at radius 1 is 0.949 bits per heavy atom. The Hall–Kier alpha value is -5.16. The van der Waals surface area contributed by atoms with Crippen LogP contribution in [-0.4, -0.2) is 130 Å². The summed E-state index contributed by atoms with van der Waals surface area (Å²) < 4.78 is 23.6. The number of ketones is 1. The van der Waals surface area contributed by atoms with Crippen molar-refractivity contribution in [1.82, 2.24) is 9.91 Å². The SMILES string of the molecule is COC1/C=C/O[C@@]2(C)Oc3c(C)c(O)c4c(O)c(c(/C=N/N5CCN(C)CC5)c(O)c4c3C2=O)NC(=O)/C(C)=C\C=C\[C@H](C)C(O)[C@@H](C)C(O)[C@@H](C)C(OC(C)=O)[C@@H]1C. The molecule has 9 atom stereocenters. The number of benzene rings is 2. The van der Waals surface area contributed by atoms with E-state index in [1.54, 1.807) is 44.9 Å². The molecule has 0 aromatic heterocycles. The van der Waals surface area contributed by atoms with Crippen LogP contribution in [0.1, 0.15) is 70.0 Å². The van der Waals surface area contributed by atoms with E-state index in [4.69, 9.17) is 18.9 Å². The lowest BCUT2D eigenvalue weighted by molar-refractivity contribution is -0.160. The Balaban J connectivity index is 1.70. The molecule has 4 heterocycles. The third kappa shape index (κ3) is 8.91. The van der Waals surface area contributed by atoms with E-state index in [1.807, 2.05) is 7.05 Å². The van der Waals surface area contributed by atoms with Crippen molar-refractivity contribution in [1.29, 1.82) is 0 Å². The topological polar surface area (TPSA) is 220 Å². The number of rotatable bonds is 4. The van der Waals surface area contributed by atoms with Crippen molar-refractivity contribution in [3.63, 3.8) is 0 Å². The minimum atomic E-state index is -2.04. The molecule has 4 aliphatic heterocycles. The van der Waals surface area contributed by atoms with Gasteiger partial charge in [-0.2, -0.15) is 5.10 Å². The molecule has 6 rings (SSSR count). The molecule has 0 saturated carbocycles. The van der Waals surface area contributed by atoms with E-state index >= 15 is 0 Å². The number of piperazine rings is 1. The monoisotopic (exact) mass is 822 g/mol. The van der Waals surface area contributed by atoms with Crippen LogP contribution in [0.4, 0.5) is 5.69 Å². The summed E-state index contributed by atoms with van der Waals surface area (Å²) in [4.78, 5) is 42.6. The van der Waals surface area contributed by atoms with Crippen LogP contribution in [0.5, 0.6) is 23.0 Å². The summed E-state index contributed by atoms with van der Waals surface area (Å²) in [6.07, 6.45) is 4.86. The van der Waals surface area contributed by atoms with E-state index in [1.165, 1.54) is 59.4 Å². The molecule has 2 aromatic rings. The number of phenols is 3. The number of aliphatic hydroxyl groups is 2. The molecule has 4 unspecified atom stereocenters. The minimum Gasteiger partial charge on any atom is -0.507 e. The largest absolute Gasteiger partial charge is 0.507 e. The third-order valence-electron chi connectivity index (χ3n) is 11.9. The molecule has 1 fully saturated rings. The third-order valence-corrected chi connectivity index (χ3v) is 11.9. The first-order valence-electron chi connectivity index (χ1n) is 19.8. The molecule has 0 radical (unpaired) electrons. The van der Waals surface area contributed by atoms with Crippen molar-refractivity contribution in [2.45, 2.75) is 85.6 Å². The second kappa shape index (κ2) is 18.0. The van der Waals surface area contributed by atoms with E-state index in [2.05, 4.69) is 15.3 Å². The molecule has 1 saturated heterocycles. The van der Waals surface area contributed by atoms with Gasteiger partial charge in [0, 0.05) is 87.3 Å². The van der Waals surface area contributed by atoms with E-state index in [0.717, 1.165) is 13.1 Å². The number of carbonyl (C=O) groups is 3. The summed E-state index contributed by atoms with van der Waals surface area (Å²) in [6, 6.07) is 0. The molecule has 5 bridgehead atoms. The van der Waals surface area contributed by atoms with Crippen LogP contribution in [0.2, 0.25) is 0 Å². The van der Waals surface area contributed by atoms with Gasteiger partial charge in [-0.25, -0.2) is 0 Å². The number of amides is 1. The van der Waals surface area contributed by atoms with Gasteiger partial charge in [0.25, 0.3) is 11.7 Å². The Bertz CT molecular complexity index is 2070. The molecule has 16 heteroatoms. The zero-order valence-corrected chi connectivity index (χ0v) is 35.3. The first-order valence-corrected chi connectivity index (χ1v) is 19.8. The number of allylic oxidation sites excluding steroid dienone is 2. The number of nitrogens with zero attached hydrogens (tertiary/aromatic N) is 3. The highest BCUT2D eigenvalue weighted by Crippen LogP contribution is 2.55. The smallest absolute Gasteiger partial charge is 0.312 e. The Labute approximate surface area is 344 Å². The number of hydrazone groups is 1. The number of fused-ring (bicyclic) bond motifs is 14. The summed E-state index contributed by atoms with van der Waals surface area (Å²) in [6.45, 7) is 15.1. The number of aliphatic hydroxyl groups excluding tert-OH is 2. The van der Waals surface area contributed by atoms with Crippen molar-refractivity contribution in [3.8, 4) is 23.0 Å². The summed E-state index contributed by atoms with van der Waals surface area (Å²) in [5, 5.41) is 66.8. The summed E-state index contributed by atoms with van der Waals surface area (Å²) >= 11 is 0. The lowest BCUT2D eigenvalue weighted by atomic mass is 9.78. The van der Waals surface area contributed by atoms with Crippen molar-refractivity contribution in [2.24, 2.45) is 28.8 Å². The molecule has 1 amide bonds. The predicted molar refractivity (Wildman–Crippen MR) is 220 cm³/mol. The fraction of sp³-hybridized carbons (Fsp3) is 0.535. The first kappa shape index (κ1) is 44.9. The molecule has 0 spiro atoms. The maximum atomic E-state index is 14.4. The first-order chi connectivity index (χ1) is 27.7. The fourth-order valence-corrected chi connectivity index (χ4v) is 7.92. The molecule has 0 aliphatic carbocycles. The van der Waals surface area contributed by atoms with Crippen LogP contribution in [0, 0.1) is 30.6 Å². The number of hydrogen-bond acceptors (Lipinski definition) is 15. The Morgan fingerprint density at radius 2 is 1.61 bits per heavy atom. The molecule has 2 aromatic carbocycles. The summed E-state index contributed by atoms with van der Waals surface area (Å²) in [5.74, 6) is -8.34. The van der Waals surface area contributed by atoms with Gasteiger partial charge in [0.15, 0.2) is 5.75 Å². The fourth-order valence-electron chi connectivity index (χ4n) is 7.92. The average molecular weight is 823 g/mol. The number of likely N-dealkylation sites (N-methyl/N-ethyl adjacent to an activating group) is 1. The second-order valence-electron chi connectivity index (χ2n) is 16.1. The zero-order chi connectivity index (χ0) is 43.7. The lowest BCUT2D eigenvalue weighted by Crippen LogP contribution is -2.46. The van der Waals surface area contributed by atoms with Gasteiger partial charge in [0.05, 0.1) is 53.0 Å². The van der Waals surface area contributed by atoms with E-state index in [0.29, 0.717) is 13.1 Å². The number of Topliss-reactive ketones (excluding diaryl/α,β-unsaturated/α-hetero) is 1. The molecule has 6 N–H and O–H groups in total. The highest BCUT2D eigenvalue weighted by Gasteiger charge is 2.50. The zero-order valence-electron chi connectivity index (χ0n) is 35.3. The van der Waals surface area contributed by atoms with Gasteiger partial charge >= 0.3 is 11.8 Å². The van der Waals surface area contributed by atoms with Crippen molar-refractivity contribution < 1.29 is 58.9 Å². The Morgan fingerprint density at radius 3 is 2.24 bits per heavy atom. The lowest BCUT2D eigenvalue weighted by Gasteiger charge is -2.38. The number of methoxy groups -OCH3 is 1. The van der Waals surface area contributed by atoms with Crippen molar-refractivity contribution in [3.05, 3.63) is 52.8 Å². The average Bonchev–Trinajstić information content (AvgIpc) is 3.46. The molecular weight excluding hydrogens is 764 g/mol. The van der Waals surface area contributed by atoms with Gasteiger partial charge in [0.1, 0.15) is 23.4 Å². The number of hydrogen-bond donors (Lipinski definition) is 6. The van der Waals surface area contributed by atoms with Crippen LogP contribution >= 0.6 is 0 Å².